The van der Waals surface area contributed by atoms with Crippen molar-refractivity contribution >= 4 is 12.4 Å². The zero-order valence-corrected chi connectivity index (χ0v) is 14.1. The second kappa shape index (κ2) is 8.39. The summed E-state index contributed by atoms with van der Waals surface area (Å²) in [6, 6.07) is 11.4. The van der Waals surface area contributed by atoms with Crippen LogP contribution in [0.1, 0.15) is 30.0 Å². The van der Waals surface area contributed by atoms with E-state index in [1.807, 2.05) is 24.5 Å². The fraction of sp³-hybridized carbons (Fsp3) is 0.389. The Morgan fingerprint density at radius 3 is 2.61 bits per heavy atom. The lowest BCUT2D eigenvalue weighted by molar-refractivity contribution is 0.154. The van der Waals surface area contributed by atoms with Gasteiger partial charge in [-0.25, -0.2) is 4.39 Å². The zero-order chi connectivity index (χ0) is 15.4. The van der Waals surface area contributed by atoms with Crippen LogP contribution < -0.4 is 5.32 Å². The summed E-state index contributed by atoms with van der Waals surface area (Å²) >= 11 is 0. The van der Waals surface area contributed by atoms with E-state index in [2.05, 4.69) is 34.3 Å². The highest BCUT2D eigenvalue weighted by atomic mass is 35.5. The van der Waals surface area contributed by atoms with Crippen molar-refractivity contribution in [2.75, 3.05) is 26.2 Å². The molecule has 1 N–H and O–H groups in total. The van der Waals surface area contributed by atoms with E-state index in [9.17, 15) is 4.39 Å². The molecule has 23 heavy (non-hydrogen) atoms. The summed E-state index contributed by atoms with van der Waals surface area (Å²) in [5.41, 5.74) is 2.49. The van der Waals surface area contributed by atoms with E-state index in [1.165, 1.54) is 11.1 Å². The lowest BCUT2D eigenvalue weighted by Gasteiger charge is -2.38. The number of benzene rings is 1. The maximum atomic E-state index is 13.1. The molecule has 3 rings (SSSR count). The highest BCUT2D eigenvalue weighted by Crippen LogP contribution is 2.25. The van der Waals surface area contributed by atoms with Gasteiger partial charge in [-0.1, -0.05) is 19.1 Å². The average Bonchev–Trinajstić information content (AvgIpc) is 2.57. The molecule has 124 valence electrons. The molecule has 0 saturated carbocycles. The van der Waals surface area contributed by atoms with E-state index in [0.29, 0.717) is 12.0 Å². The van der Waals surface area contributed by atoms with Gasteiger partial charge in [0.05, 0.1) is 0 Å². The molecule has 1 aromatic heterocycles. The van der Waals surface area contributed by atoms with E-state index in [1.54, 1.807) is 12.1 Å². The molecule has 0 aliphatic carbocycles. The second-order valence-corrected chi connectivity index (χ2v) is 5.95. The fourth-order valence-electron chi connectivity index (χ4n) is 3.13. The van der Waals surface area contributed by atoms with Gasteiger partial charge in [-0.2, -0.15) is 0 Å². The van der Waals surface area contributed by atoms with E-state index in [-0.39, 0.29) is 18.2 Å². The Labute approximate surface area is 143 Å². The summed E-state index contributed by atoms with van der Waals surface area (Å²) in [4.78, 5) is 6.62. The van der Waals surface area contributed by atoms with Crippen LogP contribution in [-0.2, 0) is 0 Å². The number of rotatable bonds is 4. The smallest absolute Gasteiger partial charge is 0.123 e. The van der Waals surface area contributed by atoms with Gasteiger partial charge >= 0.3 is 0 Å². The molecular formula is C18H23ClFN3. The first kappa shape index (κ1) is 17.9. The lowest BCUT2D eigenvalue weighted by atomic mass is 9.97. The van der Waals surface area contributed by atoms with Crippen molar-refractivity contribution in [3.05, 3.63) is 65.7 Å². The van der Waals surface area contributed by atoms with Crippen LogP contribution in [0.25, 0.3) is 0 Å². The Bertz CT molecular complexity index is 591. The molecular weight excluding hydrogens is 313 g/mol. The number of halogens is 2. The van der Waals surface area contributed by atoms with E-state index in [4.69, 9.17) is 0 Å². The van der Waals surface area contributed by atoms with Crippen molar-refractivity contribution in [2.45, 2.75) is 18.9 Å². The molecule has 0 amide bonds. The van der Waals surface area contributed by atoms with Gasteiger partial charge in [0.15, 0.2) is 0 Å². The number of nitrogens with one attached hydrogen (secondary N) is 1. The number of nitrogens with zero attached hydrogens (tertiary/aromatic N) is 2. The van der Waals surface area contributed by atoms with Gasteiger partial charge < -0.3 is 5.32 Å². The third-order valence-corrected chi connectivity index (χ3v) is 4.39. The van der Waals surface area contributed by atoms with Gasteiger partial charge in [0.2, 0.25) is 0 Å². The molecule has 0 bridgehead atoms. The number of aromatic nitrogens is 1. The summed E-state index contributed by atoms with van der Waals surface area (Å²) in [7, 11) is 0. The summed E-state index contributed by atoms with van der Waals surface area (Å²) in [6.07, 6.45) is 3.71. The maximum absolute atomic E-state index is 13.1. The highest BCUT2D eigenvalue weighted by molar-refractivity contribution is 5.85. The minimum atomic E-state index is -0.173. The summed E-state index contributed by atoms with van der Waals surface area (Å²) < 4.78 is 13.1. The summed E-state index contributed by atoms with van der Waals surface area (Å²) in [5, 5.41) is 3.47. The van der Waals surface area contributed by atoms with Gasteiger partial charge in [0.25, 0.3) is 0 Å². The highest BCUT2D eigenvalue weighted by Gasteiger charge is 2.25. The van der Waals surface area contributed by atoms with Gasteiger partial charge in [-0.15, -0.1) is 12.4 Å². The maximum Gasteiger partial charge on any atom is 0.123 e. The molecule has 2 atom stereocenters. The van der Waals surface area contributed by atoms with Crippen molar-refractivity contribution in [3.8, 4) is 0 Å². The molecule has 3 nitrogen and oxygen atoms in total. The average molecular weight is 336 g/mol. The summed E-state index contributed by atoms with van der Waals surface area (Å²) in [5.74, 6) is 0.204. The van der Waals surface area contributed by atoms with Gasteiger partial charge in [0.1, 0.15) is 5.82 Å². The van der Waals surface area contributed by atoms with Gasteiger partial charge in [0, 0.05) is 44.6 Å². The Morgan fingerprint density at radius 1 is 1.22 bits per heavy atom. The topological polar surface area (TPSA) is 28.2 Å². The Hall–Kier alpha value is -1.49. The van der Waals surface area contributed by atoms with Crippen LogP contribution in [0.4, 0.5) is 4.39 Å². The Balaban J connectivity index is 0.00000192. The molecule has 1 fully saturated rings. The number of hydrogen-bond acceptors (Lipinski definition) is 3. The number of piperazine rings is 1. The predicted octanol–water partition coefficient (Wildman–Crippen LogP) is 3.39. The largest absolute Gasteiger partial charge is 0.314 e. The van der Waals surface area contributed by atoms with Gasteiger partial charge in [-0.3, -0.25) is 9.88 Å². The minimum Gasteiger partial charge on any atom is -0.314 e. The first-order chi connectivity index (χ1) is 10.7. The molecule has 1 aliphatic heterocycles. The van der Waals surface area contributed by atoms with E-state index in [0.717, 1.165) is 26.2 Å². The molecule has 0 radical (unpaired) electrons. The van der Waals surface area contributed by atoms with Crippen molar-refractivity contribution in [2.24, 2.45) is 0 Å². The molecule has 2 aromatic rings. The third kappa shape index (κ3) is 4.50. The number of pyridine rings is 1. The quantitative estimate of drug-likeness (QED) is 0.928. The molecule has 1 aromatic carbocycles. The number of hydrogen-bond donors (Lipinski definition) is 1. The minimum absolute atomic E-state index is 0. The fourth-order valence-corrected chi connectivity index (χ4v) is 3.13. The zero-order valence-electron chi connectivity index (χ0n) is 13.3. The van der Waals surface area contributed by atoms with Gasteiger partial charge in [-0.05, 0) is 41.3 Å². The standard InChI is InChI=1S/C18H22FN3.ClH/c1-14(15-2-4-17(19)5-3-15)13-22-11-10-21-12-18(22)16-6-8-20-9-7-16;/h2-9,14,18,21H,10-13H2,1H3;1H. The van der Waals surface area contributed by atoms with Crippen LogP contribution in [-0.4, -0.2) is 36.1 Å². The summed E-state index contributed by atoms with van der Waals surface area (Å²) in [6.45, 7) is 6.18. The van der Waals surface area contributed by atoms with Crippen LogP contribution in [0.3, 0.4) is 0 Å². The lowest BCUT2D eigenvalue weighted by Crippen LogP contribution is -2.47. The van der Waals surface area contributed by atoms with Crippen molar-refractivity contribution in [1.29, 1.82) is 0 Å². The predicted molar refractivity (Wildman–Crippen MR) is 93.5 cm³/mol. The Kier molecular flexibility index (Phi) is 6.51. The van der Waals surface area contributed by atoms with Crippen LogP contribution in [0.15, 0.2) is 48.8 Å². The normalized spacial score (nSPS) is 19.8. The second-order valence-electron chi connectivity index (χ2n) is 5.95. The molecule has 1 saturated heterocycles. The SMILES string of the molecule is CC(CN1CCNCC1c1ccncc1)c1ccc(F)cc1.Cl. The van der Waals surface area contributed by atoms with E-state index >= 15 is 0 Å². The first-order valence-corrected chi connectivity index (χ1v) is 7.84. The molecule has 5 heteroatoms. The van der Waals surface area contributed by atoms with Crippen LogP contribution >= 0.6 is 12.4 Å². The van der Waals surface area contributed by atoms with Crippen molar-refractivity contribution < 1.29 is 4.39 Å². The van der Waals surface area contributed by atoms with E-state index < -0.39 is 0 Å². The van der Waals surface area contributed by atoms with Crippen molar-refractivity contribution in [1.82, 2.24) is 15.2 Å². The molecule has 0 spiro atoms. The van der Waals surface area contributed by atoms with Crippen LogP contribution in [0.5, 0.6) is 0 Å². The van der Waals surface area contributed by atoms with Crippen LogP contribution in [0, 0.1) is 5.82 Å². The molecule has 2 heterocycles. The van der Waals surface area contributed by atoms with Crippen molar-refractivity contribution in [3.63, 3.8) is 0 Å². The third-order valence-electron chi connectivity index (χ3n) is 4.39. The molecule has 1 aliphatic rings. The molecule has 2 unspecified atom stereocenters. The monoisotopic (exact) mass is 335 g/mol. The van der Waals surface area contributed by atoms with Crippen LogP contribution in [0.2, 0.25) is 0 Å². The Morgan fingerprint density at radius 2 is 1.91 bits per heavy atom. The first-order valence-electron chi connectivity index (χ1n) is 7.84.